The molecule has 0 N–H and O–H groups in total. The van der Waals surface area contributed by atoms with Gasteiger partial charge in [0.15, 0.2) is 11.9 Å². The third kappa shape index (κ3) is 6.77. The summed E-state index contributed by atoms with van der Waals surface area (Å²) in [6.45, 7) is 10.6. The van der Waals surface area contributed by atoms with E-state index >= 15 is 0 Å². The molecule has 1 aliphatic heterocycles. The fourth-order valence-corrected chi connectivity index (χ4v) is 3.63. The average molecular weight is 414 g/mol. The van der Waals surface area contributed by atoms with Gasteiger partial charge in [-0.1, -0.05) is 13.0 Å². The van der Waals surface area contributed by atoms with Gasteiger partial charge in [0, 0.05) is 26.9 Å². The van der Waals surface area contributed by atoms with Gasteiger partial charge in [-0.2, -0.15) is 0 Å². The number of carbonyl (C=O) groups is 2. The molecule has 2 fully saturated rings. The summed E-state index contributed by atoms with van der Waals surface area (Å²) in [5.41, 5.74) is -0.701. The molecule has 3 unspecified atom stereocenters. The molecule has 2 rings (SSSR count). The maximum atomic E-state index is 12.6. The van der Waals surface area contributed by atoms with Gasteiger partial charge in [0.05, 0.1) is 12.2 Å². The molecule has 0 bridgehead atoms. The maximum absolute atomic E-state index is 12.6. The third-order valence-electron chi connectivity index (χ3n) is 4.78. The number of hydrogen-bond donors (Lipinski definition) is 0. The van der Waals surface area contributed by atoms with Gasteiger partial charge in [0.1, 0.15) is 24.6 Å². The van der Waals surface area contributed by atoms with E-state index in [4.69, 9.17) is 28.4 Å². The van der Waals surface area contributed by atoms with Crippen molar-refractivity contribution in [1.29, 1.82) is 0 Å². The van der Waals surface area contributed by atoms with Crippen LogP contribution in [0.3, 0.4) is 0 Å². The van der Waals surface area contributed by atoms with E-state index in [9.17, 15) is 9.59 Å². The number of ether oxygens (including phenoxy) is 6. The van der Waals surface area contributed by atoms with Crippen molar-refractivity contribution >= 4 is 11.9 Å². The van der Waals surface area contributed by atoms with Crippen molar-refractivity contribution < 1.29 is 38.0 Å². The Bertz CT molecular complexity index is 588. The van der Waals surface area contributed by atoms with Gasteiger partial charge in [0.2, 0.25) is 0 Å². The molecule has 1 spiro atoms. The normalized spacial score (nSPS) is 24.9. The Labute approximate surface area is 172 Å². The summed E-state index contributed by atoms with van der Waals surface area (Å²) in [6, 6.07) is 0. The first-order valence-electron chi connectivity index (χ1n) is 10.1. The van der Waals surface area contributed by atoms with Crippen LogP contribution in [0.15, 0.2) is 12.2 Å². The van der Waals surface area contributed by atoms with Gasteiger partial charge in [-0.3, -0.25) is 4.79 Å². The van der Waals surface area contributed by atoms with E-state index in [1.54, 1.807) is 20.8 Å². The molecule has 1 saturated carbocycles. The molecule has 1 heterocycles. The van der Waals surface area contributed by atoms with Crippen molar-refractivity contribution in [2.75, 3.05) is 20.5 Å². The van der Waals surface area contributed by atoms with Crippen molar-refractivity contribution in [3.05, 3.63) is 12.2 Å². The zero-order valence-corrected chi connectivity index (χ0v) is 18.2. The lowest BCUT2D eigenvalue weighted by Gasteiger charge is -2.33. The first-order chi connectivity index (χ1) is 13.6. The minimum Gasteiger partial charge on any atom is -0.457 e. The van der Waals surface area contributed by atoms with Gasteiger partial charge >= 0.3 is 11.9 Å². The highest BCUT2D eigenvalue weighted by molar-refractivity contribution is 5.89. The van der Waals surface area contributed by atoms with Gasteiger partial charge < -0.3 is 28.4 Å². The molecular weight excluding hydrogens is 380 g/mol. The molecule has 2 aliphatic rings. The fraction of sp³-hybridized carbons (Fsp3) is 0.810. The molecule has 0 aromatic carbocycles. The Morgan fingerprint density at radius 3 is 2.38 bits per heavy atom. The quantitative estimate of drug-likeness (QED) is 0.259. The van der Waals surface area contributed by atoms with Crippen molar-refractivity contribution in [2.24, 2.45) is 0 Å². The van der Waals surface area contributed by atoms with E-state index in [-0.39, 0.29) is 19.0 Å². The topological polar surface area (TPSA) is 89.5 Å². The molecular formula is C21H34O8. The number of carbonyl (C=O) groups excluding carboxylic acids is 2. The second kappa shape index (κ2) is 10.0. The van der Waals surface area contributed by atoms with Crippen molar-refractivity contribution in [2.45, 2.75) is 89.5 Å². The minimum atomic E-state index is -1.04. The highest BCUT2D eigenvalue weighted by atomic mass is 16.8. The maximum Gasteiger partial charge on any atom is 0.337 e. The molecule has 8 nitrogen and oxygen atoms in total. The smallest absolute Gasteiger partial charge is 0.337 e. The Morgan fingerprint density at radius 1 is 1.17 bits per heavy atom. The highest BCUT2D eigenvalue weighted by Crippen LogP contribution is 2.42. The van der Waals surface area contributed by atoms with Crippen LogP contribution in [0.5, 0.6) is 0 Å². The second-order valence-electron chi connectivity index (χ2n) is 8.54. The number of esters is 2. The Hall–Kier alpha value is -1.48. The zero-order chi connectivity index (χ0) is 21.7. The van der Waals surface area contributed by atoms with E-state index in [0.29, 0.717) is 0 Å². The first kappa shape index (κ1) is 23.8. The van der Waals surface area contributed by atoms with E-state index in [1.807, 2.05) is 0 Å². The van der Waals surface area contributed by atoms with E-state index in [1.165, 1.54) is 14.0 Å². The van der Waals surface area contributed by atoms with Crippen LogP contribution in [-0.4, -0.2) is 62.1 Å². The molecule has 1 saturated heterocycles. The molecule has 0 radical (unpaired) electrons. The molecule has 166 valence electrons. The molecule has 0 aromatic heterocycles. The van der Waals surface area contributed by atoms with Gasteiger partial charge in [0.25, 0.3) is 0 Å². The lowest BCUT2D eigenvalue weighted by Crippen LogP contribution is -2.44. The van der Waals surface area contributed by atoms with Crippen LogP contribution in [0.25, 0.3) is 0 Å². The number of rotatable bonds is 8. The van der Waals surface area contributed by atoms with Gasteiger partial charge in [-0.25, -0.2) is 4.79 Å². The molecule has 29 heavy (non-hydrogen) atoms. The summed E-state index contributed by atoms with van der Waals surface area (Å²) in [5, 5.41) is 0. The van der Waals surface area contributed by atoms with Crippen LogP contribution in [0, 0.1) is 0 Å². The average Bonchev–Trinajstić information content (AvgIpc) is 2.96. The Morgan fingerprint density at radius 2 is 1.83 bits per heavy atom. The monoisotopic (exact) mass is 414 g/mol. The Kier molecular flexibility index (Phi) is 8.22. The summed E-state index contributed by atoms with van der Waals surface area (Å²) < 4.78 is 33.9. The molecule has 0 amide bonds. The summed E-state index contributed by atoms with van der Waals surface area (Å²) >= 11 is 0. The molecule has 1 aliphatic carbocycles. The minimum absolute atomic E-state index is 0.00771. The van der Waals surface area contributed by atoms with Crippen LogP contribution in [-0.2, 0) is 38.0 Å². The SMILES string of the molecule is C=C(C(=O)OC(C)(C)C)C(OC(C)=O)C1OC2(CCCCC2)OC1COCOC. The van der Waals surface area contributed by atoms with Crippen LogP contribution in [0.2, 0.25) is 0 Å². The van der Waals surface area contributed by atoms with Crippen LogP contribution in [0.4, 0.5) is 0 Å². The summed E-state index contributed by atoms with van der Waals surface area (Å²) in [4.78, 5) is 24.4. The standard InChI is InChI=1S/C21H34O8/c1-14(19(23)29-20(3,4)5)17(26-15(2)22)18-16(12-25-13-24-6)27-21(28-18)10-8-7-9-11-21/h16-18H,1,7-13H2,2-6H3. The van der Waals surface area contributed by atoms with Crippen molar-refractivity contribution in [3.8, 4) is 0 Å². The predicted molar refractivity (Wildman–Crippen MR) is 104 cm³/mol. The largest absolute Gasteiger partial charge is 0.457 e. The van der Waals surface area contributed by atoms with Crippen molar-refractivity contribution in [1.82, 2.24) is 0 Å². The summed E-state index contributed by atoms with van der Waals surface area (Å²) in [7, 11) is 1.53. The lowest BCUT2D eigenvalue weighted by molar-refractivity contribution is -0.205. The van der Waals surface area contributed by atoms with Gasteiger partial charge in [-0.15, -0.1) is 0 Å². The molecule has 0 aromatic rings. The predicted octanol–water partition coefficient (Wildman–Crippen LogP) is 2.88. The van der Waals surface area contributed by atoms with E-state index < -0.39 is 41.6 Å². The fourth-order valence-electron chi connectivity index (χ4n) is 3.63. The Balaban J connectivity index is 2.25. The second-order valence-corrected chi connectivity index (χ2v) is 8.54. The van der Waals surface area contributed by atoms with E-state index in [2.05, 4.69) is 6.58 Å². The summed E-state index contributed by atoms with van der Waals surface area (Å²) in [6.07, 6.45) is 2.20. The lowest BCUT2D eigenvalue weighted by atomic mass is 9.94. The highest BCUT2D eigenvalue weighted by Gasteiger charge is 2.53. The third-order valence-corrected chi connectivity index (χ3v) is 4.78. The molecule has 8 heteroatoms. The number of methoxy groups -OCH3 is 1. The van der Waals surface area contributed by atoms with Crippen LogP contribution >= 0.6 is 0 Å². The van der Waals surface area contributed by atoms with E-state index in [0.717, 1.165) is 32.1 Å². The zero-order valence-electron chi connectivity index (χ0n) is 18.2. The van der Waals surface area contributed by atoms with Crippen LogP contribution in [0.1, 0.15) is 59.8 Å². The van der Waals surface area contributed by atoms with Crippen LogP contribution < -0.4 is 0 Å². The summed E-state index contributed by atoms with van der Waals surface area (Å²) in [5.74, 6) is -1.96. The van der Waals surface area contributed by atoms with Gasteiger partial charge in [-0.05, 0) is 33.6 Å². The first-order valence-corrected chi connectivity index (χ1v) is 10.1. The number of hydrogen-bond acceptors (Lipinski definition) is 8. The van der Waals surface area contributed by atoms with Crippen molar-refractivity contribution in [3.63, 3.8) is 0 Å². The molecule has 3 atom stereocenters.